The molecule has 13 nitrogen and oxygen atoms in total. The quantitative estimate of drug-likeness (QED) is 0.157. The van der Waals surface area contributed by atoms with Gasteiger partial charge in [0.2, 0.25) is 5.95 Å². The molecule has 198 valence electrons. The van der Waals surface area contributed by atoms with Gasteiger partial charge in [-0.05, 0) is 29.3 Å². The maximum atomic E-state index is 10.4. The van der Waals surface area contributed by atoms with Crippen molar-refractivity contribution in [2.24, 2.45) is 5.10 Å². The van der Waals surface area contributed by atoms with Crippen LogP contribution in [0.3, 0.4) is 0 Å². The number of nitrogen functional groups attached to an aromatic ring is 1. The van der Waals surface area contributed by atoms with E-state index in [9.17, 15) is 15.3 Å². The van der Waals surface area contributed by atoms with Gasteiger partial charge in [-0.1, -0.05) is 30.3 Å². The molecule has 4 atom stereocenters. The molecule has 0 aliphatic carbocycles. The number of hydrogen-bond acceptors (Lipinski definition) is 12. The van der Waals surface area contributed by atoms with Gasteiger partial charge in [-0.25, -0.2) is 10.4 Å². The summed E-state index contributed by atoms with van der Waals surface area (Å²) in [6.45, 7) is -0.0442. The summed E-state index contributed by atoms with van der Waals surface area (Å²) in [7, 11) is 1.56. The molecule has 0 bridgehead atoms. The molecule has 1 aliphatic rings. The highest BCUT2D eigenvalue weighted by atomic mass is 16.6. The lowest BCUT2D eigenvalue weighted by atomic mass is 10.1. The molecule has 1 fully saturated rings. The third-order valence-corrected chi connectivity index (χ3v) is 6.04. The van der Waals surface area contributed by atoms with Crippen molar-refractivity contribution in [2.45, 2.75) is 31.1 Å². The summed E-state index contributed by atoms with van der Waals surface area (Å²) in [5.74, 6) is 1.31. The topological polar surface area (TPSA) is 182 Å². The molecule has 6 N–H and O–H groups in total. The van der Waals surface area contributed by atoms with Crippen molar-refractivity contribution in [1.29, 1.82) is 0 Å². The van der Waals surface area contributed by atoms with E-state index in [0.29, 0.717) is 18.1 Å². The molecular weight excluding hydrogens is 494 g/mol. The van der Waals surface area contributed by atoms with Crippen molar-refractivity contribution < 1.29 is 29.5 Å². The lowest BCUT2D eigenvalue weighted by molar-refractivity contribution is -0.0511. The zero-order valence-electron chi connectivity index (χ0n) is 20.4. The highest BCUT2D eigenvalue weighted by Crippen LogP contribution is 2.32. The van der Waals surface area contributed by atoms with Crippen LogP contribution in [0.15, 0.2) is 60.0 Å². The maximum absolute atomic E-state index is 10.4. The maximum Gasteiger partial charge on any atom is 0.247 e. The second-order valence-corrected chi connectivity index (χ2v) is 8.54. The number of anilines is 2. The molecule has 5 rings (SSSR count). The number of methoxy groups -OCH3 is 1. The van der Waals surface area contributed by atoms with Crippen LogP contribution in [-0.4, -0.2) is 73.1 Å². The van der Waals surface area contributed by atoms with Gasteiger partial charge in [-0.2, -0.15) is 15.1 Å². The van der Waals surface area contributed by atoms with E-state index in [-0.39, 0.29) is 22.9 Å². The molecule has 4 unspecified atom stereocenters. The largest absolute Gasteiger partial charge is 0.493 e. The molecule has 0 radical (unpaired) electrons. The van der Waals surface area contributed by atoms with Crippen molar-refractivity contribution >= 4 is 29.1 Å². The summed E-state index contributed by atoms with van der Waals surface area (Å²) in [4.78, 5) is 12.7. The van der Waals surface area contributed by atoms with E-state index in [4.69, 9.17) is 19.9 Å². The highest BCUT2D eigenvalue weighted by molar-refractivity contribution is 5.84. The summed E-state index contributed by atoms with van der Waals surface area (Å²) in [6, 6.07) is 15.2. The molecule has 0 saturated carbocycles. The molecule has 2 aromatic carbocycles. The Kier molecular flexibility index (Phi) is 7.33. The number of ether oxygens (including phenoxy) is 3. The number of fused-ring (bicyclic) bond motifs is 1. The first-order chi connectivity index (χ1) is 18.5. The summed E-state index contributed by atoms with van der Waals surface area (Å²) < 4.78 is 18.4. The zero-order chi connectivity index (χ0) is 26.6. The van der Waals surface area contributed by atoms with Gasteiger partial charge in [0.25, 0.3) is 0 Å². The fourth-order valence-corrected chi connectivity index (χ4v) is 4.07. The summed E-state index contributed by atoms with van der Waals surface area (Å²) in [6.07, 6.45) is -1.61. The molecule has 3 heterocycles. The van der Waals surface area contributed by atoms with Crippen LogP contribution in [0.1, 0.15) is 17.4 Å². The smallest absolute Gasteiger partial charge is 0.247 e. The number of nitrogens with zero attached hydrogens (tertiary/aromatic N) is 5. The van der Waals surface area contributed by atoms with Gasteiger partial charge >= 0.3 is 0 Å². The SMILES string of the molecule is COc1cc(/C=N/Nc2nc(N)c3ncn(C4OC(CO)C(O)C4O)c3n2)ccc1OCc1ccccc1. The predicted molar refractivity (Wildman–Crippen MR) is 138 cm³/mol. The summed E-state index contributed by atoms with van der Waals surface area (Å²) in [5, 5.41) is 34.0. The van der Waals surface area contributed by atoms with E-state index in [0.717, 1.165) is 11.1 Å². The average Bonchev–Trinajstić information content (AvgIpc) is 3.49. The third-order valence-electron chi connectivity index (χ3n) is 6.04. The van der Waals surface area contributed by atoms with Gasteiger partial charge in [-0.15, -0.1) is 0 Å². The molecular formula is C25H27N7O6. The van der Waals surface area contributed by atoms with Crippen LogP contribution in [-0.2, 0) is 11.3 Å². The van der Waals surface area contributed by atoms with Crippen LogP contribution in [0.4, 0.5) is 11.8 Å². The number of benzene rings is 2. The minimum atomic E-state index is -1.30. The number of nitrogens with one attached hydrogen (secondary N) is 1. The molecule has 38 heavy (non-hydrogen) atoms. The van der Waals surface area contributed by atoms with Crippen molar-refractivity contribution in [2.75, 3.05) is 24.9 Å². The molecule has 0 spiro atoms. The Labute approximate surface area is 217 Å². The lowest BCUT2D eigenvalue weighted by Gasteiger charge is -2.16. The van der Waals surface area contributed by atoms with Gasteiger partial charge in [0, 0.05) is 0 Å². The monoisotopic (exact) mass is 521 g/mol. The van der Waals surface area contributed by atoms with Crippen molar-refractivity contribution in [1.82, 2.24) is 19.5 Å². The Balaban J connectivity index is 1.31. The number of imidazole rings is 1. The molecule has 0 amide bonds. The van der Waals surface area contributed by atoms with E-state index in [1.54, 1.807) is 25.5 Å². The lowest BCUT2D eigenvalue weighted by Crippen LogP contribution is -2.33. The van der Waals surface area contributed by atoms with E-state index in [1.165, 1.54) is 10.9 Å². The number of nitrogens with two attached hydrogens (primary N) is 1. The minimum absolute atomic E-state index is 0.0783. The summed E-state index contributed by atoms with van der Waals surface area (Å²) >= 11 is 0. The first-order valence-electron chi connectivity index (χ1n) is 11.7. The van der Waals surface area contributed by atoms with Crippen LogP contribution < -0.4 is 20.6 Å². The third kappa shape index (κ3) is 5.08. The second kappa shape index (κ2) is 11.0. The number of aliphatic hydroxyl groups is 3. The van der Waals surface area contributed by atoms with Gasteiger partial charge in [-0.3, -0.25) is 4.57 Å². The Morgan fingerprint density at radius 3 is 2.68 bits per heavy atom. The average molecular weight is 522 g/mol. The van der Waals surface area contributed by atoms with Crippen LogP contribution in [0.5, 0.6) is 11.5 Å². The number of aromatic nitrogens is 4. The normalized spacial score (nSPS) is 21.3. The standard InChI is InChI=1S/C25H27N7O6/c1-36-17-9-15(7-8-16(17)37-12-14-5-3-2-4-6-14)10-28-31-25-29-22(26)19-23(30-25)32(13-27-19)24-21(35)20(34)18(11-33)38-24/h2-10,13,18,20-21,24,33-35H,11-12H2,1H3,(H3,26,29,30,31)/b28-10+. The Morgan fingerprint density at radius 1 is 1.13 bits per heavy atom. The molecule has 2 aromatic heterocycles. The van der Waals surface area contributed by atoms with E-state index in [1.807, 2.05) is 36.4 Å². The minimum Gasteiger partial charge on any atom is -0.493 e. The number of aliphatic hydroxyl groups excluding tert-OH is 3. The van der Waals surface area contributed by atoms with Gasteiger partial charge in [0.15, 0.2) is 29.2 Å². The van der Waals surface area contributed by atoms with E-state index < -0.39 is 31.1 Å². The first-order valence-corrected chi connectivity index (χ1v) is 11.7. The molecule has 4 aromatic rings. The number of rotatable bonds is 9. The van der Waals surface area contributed by atoms with Crippen molar-refractivity contribution in [3.05, 3.63) is 66.0 Å². The summed E-state index contributed by atoms with van der Waals surface area (Å²) in [5.41, 5.74) is 11.1. The Hall–Kier alpha value is -4.30. The Bertz CT molecular complexity index is 1430. The zero-order valence-corrected chi connectivity index (χ0v) is 20.4. The van der Waals surface area contributed by atoms with Gasteiger partial charge < -0.3 is 35.3 Å². The Morgan fingerprint density at radius 2 is 1.95 bits per heavy atom. The van der Waals surface area contributed by atoms with E-state index in [2.05, 4.69) is 25.5 Å². The van der Waals surface area contributed by atoms with E-state index >= 15 is 0 Å². The molecule has 1 saturated heterocycles. The molecule has 1 aliphatic heterocycles. The second-order valence-electron chi connectivity index (χ2n) is 8.54. The van der Waals surface area contributed by atoms with Crippen molar-refractivity contribution in [3.8, 4) is 11.5 Å². The number of hydrazone groups is 1. The van der Waals surface area contributed by atoms with Crippen LogP contribution in [0, 0.1) is 0 Å². The highest BCUT2D eigenvalue weighted by Gasteiger charge is 2.44. The molecule has 13 heteroatoms. The number of hydrogen-bond donors (Lipinski definition) is 5. The van der Waals surface area contributed by atoms with Gasteiger partial charge in [0.05, 0.1) is 26.3 Å². The van der Waals surface area contributed by atoms with Gasteiger partial charge in [0.1, 0.15) is 30.4 Å². The fourth-order valence-electron chi connectivity index (χ4n) is 4.07. The van der Waals surface area contributed by atoms with Crippen LogP contribution >= 0.6 is 0 Å². The van der Waals surface area contributed by atoms with Crippen molar-refractivity contribution in [3.63, 3.8) is 0 Å². The fraction of sp³-hybridized carbons (Fsp3) is 0.280. The van der Waals surface area contributed by atoms with Crippen LogP contribution in [0.25, 0.3) is 11.2 Å². The first kappa shape index (κ1) is 25.4. The predicted octanol–water partition coefficient (Wildman–Crippen LogP) is 1.05. The van der Waals surface area contributed by atoms with Crippen LogP contribution in [0.2, 0.25) is 0 Å².